The number of unbranched alkanes of at least 4 members (excludes halogenated alkanes) is 1. The minimum Gasteiger partial charge on any atom is -0.310 e. The monoisotopic (exact) mass is 269 g/mol. The van der Waals surface area contributed by atoms with Gasteiger partial charge in [0.15, 0.2) is 0 Å². The predicted octanol–water partition coefficient (Wildman–Crippen LogP) is 4.39. The molecule has 0 bridgehead atoms. The van der Waals surface area contributed by atoms with E-state index in [9.17, 15) is 0 Å². The first-order chi connectivity index (χ1) is 9.52. The molecule has 0 aliphatic carbocycles. The highest BCUT2D eigenvalue weighted by atomic mass is 15.2. The number of rotatable bonds is 3. The van der Waals surface area contributed by atoms with Crippen LogP contribution in [0.4, 0.5) is 0 Å². The second kappa shape index (κ2) is 4.65. The summed E-state index contributed by atoms with van der Waals surface area (Å²) in [7, 11) is 0. The second-order valence-electron chi connectivity index (χ2n) is 6.54. The van der Waals surface area contributed by atoms with Crippen LogP contribution in [0.5, 0.6) is 0 Å². The summed E-state index contributed by atoms with van der Waals surface area (Å²) in [5, 5.41) is 0. The van der Waals surface area contributed by atoms with Gasteiger partial charge in [-0.2, -0.15) is 0 Å². The van der Waals surface area contributed by atoms with Crippen LogP contribution in [0.15, 0.2) is 30.5 Å². The van der Waals surface area contributed by atoms with Crippen molar-refractivity contribution in [2.45, 2.75) is 52.5 Å². The Morgan fingerprint density at radius 1 is 1.10 bits per heavy atom. The highest BCUT2D eigenvalue weighted by Gasteiger charge is 2.20. The van der Waals surface area contributed by atoms with Crippen LogP contribution in [0.1, 0.15) is 46.2 Å². The van der Waals surface area contributed by atoms with Gasteiger partial charge in [-0.25, -0.2) is 4.98 Å². The molecule has 3 heteroatoms. The zero-order valence-electron chi connectivity index (χ0n) is 12.8. The standard InChI is InChI=1S/C17H23N3/c1-5-6-11-19-13-9-7-8-10-14(13)20-12-15(17(2,3)4)18-16(19)20/h7-10,12H,5-6,11H2,1-4H3. The van der Waals surface area contributed by atoms with Crippen molar-refractivity contribution in [1.82, 2.24) is 14.0 Å². The highest BCUT2D eigenvalue weighted by Crippen LogP contribution is 2.26. The molecule has 1 aromatic carbocycles. The maximum Gasteiger partial charge on any atom is 0.215 e. The third-order valence-corrected chi connectivity index (χ3v) is 3.86. The largest absolute Gasteiger partial charge is 0.310 e. The van der Waals surface area contributed by atoms with E-state index in [4.69, 9.17) is 4.98 Å². The fourth-order valence-electron chi connectivity index (χ4n) is 2.64. The lowest BCUT2D eigenvalue weighted by molar-refractivity contribution is 0.571. The first kappa shape index (κ1) is 13.2. The van der Waals surface area contributed by atoms with Crippen molar-refractivity contribution in [3.8, 4) is 0 Å². The number of aryl methyl sites for hydroxylation is 1. The van der Waals surface area contributed by atoms with E-state index in [2.05, 4.69) is 67.1 Å². The third-order valence-electron chi connectivity index (χ3n) is 3.86. The molecule has 0 N–H and O–H groups in total. The molecule has 0 aliphatic heterocycles. The highest BCUT2D eigenvalue weighted by molar-refractivity contribution is 5.81. The van der Waals surface area contributed by atoms with Crippen molar-refractivity contribution in [3.63, 3.8) is 0 Å². The zero-order valence-corrected chi connectivity index (χ0v) is 12.8. The summed E-state index contributed by atoms with van der Waals surface area (Å²) in [5.74, 6) is 1.07. The average Bonchev–Trinajstić information content (AvgIpc) is 2.94. The molecule has 106 valence electrons. The molecule has 0 saturated carbocycles. The number of fused-ring (bicyclic) bond motifs is 3. The van der Waals surface area contributed by atoms with Crippen molar-refractivity contribution in [2.75, 3.05) is 0 Å². The second-order valence-corrected chi connectivity index (χ2v) is 6.54. The topological polar surface area (TPSA) is 22.2 Å². The van der Waals surface area contributed by atoms with E-state index in [0.717, 1.165) is 18.0 Å². The number of nitrogens with zero attached hydrogens (tertiary/aromatic N) is 3. The van der Waals surface area contributed by atoms with Gasteiger partial charge >= 0.3 is 0 Å². The van der Waals surface area contributed by atoms with Crippen LogP contribution < -0.4 is 0 Å². The molecule has 0 saturated heterocycles. The van der Waals surface area contributed by atoms with Crippen LogP contribution >= 0.6 is 0 Å². The van der Waals surface area contributed by atoms with E-state index in [1.165, 1.54) is 23.9 Å². The molecular formula is C17H23N3. The Balaban J connectivity index is 2.27. The molecule has 3 nitrogen and oxygen atoms in total. The minimum atomic E-state index is 0.0860. The first-order valence-electron chi connectivity index (χ1n) is 7.49. The molecule has 0 amide bonds. The lowest BCUT2D eigenvalue weighted by atomic mass is 9.93. The Morgan fingerprint density at radius 2 is 1.80 bits per heavy atom. The van der Waals surface area contributed by atoms with Crippen LogP contribution in [-0.2, 0) is 12.0 Å². The van der Waals surface area contributed by atoms with Gasteiger partial charge in [0.25, 0.3) is 0 Å². The molecule has 0 unspecified atom stereocenters. The maximum atomic E-state index is 4.90. The molecule has 3 aromatic rings. The summed E-state index contributed by atoms with van der Waals surface area (Å²) in [5.41, 5.74) is 3.77. The van der Waals surface area contributed by atoms with Gasteiger partial charge in [0.05, 0.1) is 16.7 Å². The fraction of sp³-hybridized carbons (Fsp3) is 0.471. The number of hydrogen-bond acceptors (Lipinski definition) is 1. The Bertz CT molecular complexity index is 741. The van der Waals surface area contributed by atoms with Gasteiger partial charge in [-0.1, -0.05) is 46.2 Å². The third kappa shape index (κ3) is 2.01. The molecule has 0 fully saturated rings. The minimum absolute atomic E-state index is 0.0860. The number of benzene rings is 1. The van der Waals surface area contributed by atoms with Gasteiger partial charge in [-0.05, 0) is 18.6 Å². The van der Waals surface area contributed by atoms with E-state index in [-0.39, 0.29) is 5.41 Å². The van der Waals surface area contributed by atoms with Crippen molar-refractivity contribution < 1.29 is 0 Å². The van der Waals surface area contributed by atoms with Crippen molar-refractivity contribution in [2.24, 2.45) is 0 Å². The van der Waals surface area contributed by atoms with E-state index < -0.39 is 0 Å². The summed E-state index contributed by atoms with van der Waals surface area (Å²) < 4.78 is 4.60. The number of imidazole rings is 2. The van der Waals surface area contributed by atoms with Gasteiger partial charge in [-0.15, -0.1) is 0 Å². The normalized spacial score (nSPS) is 12.6. The molecule has 0 spiro atoms. The van der Waals surface area contributed by atoms with Gasteiger partial charge < -0.3 is 4.57 Å². The van der Waals surface area contributed by atoms with E-state index in [1.54, 1.807) is 0 Å². The van der Waals surface area contributed by atoms with Crippen LogP contribution in [0.2, 0.25) is 0 Å². The van der Waals surface area contributed by atoms with Crippen molar-refractivity contribution in [1.29, 1.82) is 0 Å². The van der Waals surface area contributed by atoms with Crippen LogP contribution in [0.3, 0.4) is 0 Å². The summed E-state index contributed by atoms with van der Waals surface area (Å²) in [6.45, 7) is 9.91. The van der Waals surface area contributed by atoms with E-state index >= 15 is 0 Å². The van der Waals surface area contributed by atoms with Crippen LogP contribution in [-0.4, -0.2) is 14.0 Å². The summed E-state index contributed by atoms with van der Waals surface area (Å²) in [4.78, 5) is 4.90. The van der Waals surface area contributed by atoms with E-state index in [1.807, 2.05) is 0 Å². The van der Waals surface area contributed by atoms with Crippen molar-refractivity contribution >= 4 is 16.8 Å². The molecule has 0 aliphatic rings. The maximum absolute atomic E-state index is 4.90. The smallest absolute Gasteiger partial charge is 0.215 e. The van der Waals surface area contributed by atoms with Gasteiger partial charge in [-0.3, -0.25) is 4.40 Å². The Kier molecular flexibility index (Phi) is 3.08. The van der Waals surface area contributed by atoms with Crippen LogP contribution in [0, 0.1) is 0 Å². The first-order valence-corrected chi connectivity index (χ1v) is 7.49. The van der Waals surface area contributed by atoms with Gasteiger partial charge in [0.1, 0.15) is 0 Å². The predicted molar refractivity (Wildman–Crippen MR) is 84.3 cm³/mol. The Hall–Kier alpha value is -1.77. The number of para-hydroxylation sites is 2. The Morgan fingerprint density at radius 3 is 2.45 bits per heavy atom. The quantitative estimate of drug-likeness (QED) is 0.691. The van der Waals surface area contributed by atoms with Crippen LogP contribution in [0.25, 0.3) is 16.8 Å². The number of hydrogen-bond donors (Lipinski definition) is 0. The summed E-state index contributed by atoms with van der Waals surface area (Å²) in [6.07, 6.45) is 4.58. The van der Waals surface area contributed by atoms with Gasteiger partial charge in [0.2, 0.25) is 5.78 Å². The van der Waals surface area contributed by atoms with Crippen molar-refractivity contribution in [3.05, 3.63) is 36.2 Å². The van der Waals surface area contributed by atoms with Gasteiger partial charge in [0, 0.05) is 18.2 Å². The molecule has 3 rings (SSSR count). The molecule has 20 heavy (non-hydrogen) atoms. The SMILES string of the molecule is CCCCn1c2ccccc2n2cc(C(C)(C)C)nc12. The lowest BCUT2D eigenvalue weighted by Crippen LogP contribution is -2.11. The lowest BCUT2D eigenvalue weighted by Gasteiger charge is -2.14. The molecule has 0 radical (unpaired) electrons. The summed E-state index contributed by atoms with van der Waals surface area (Å²) >= 11 is 0. The van der Waals surface area contributed by atoms with E-state index in [0.29, 0.717) is 0 Å². The molecular weight excluding hydrogens is 246 g/mol. The summed E-state index contributed by atoms with van der Waals surface area (Å²) in [6, 6.07) is 8.58. The fourth-order valence-corrected chi connectivity index (χ4v) is 2.64. The molecule has 2 heterocycles. The zero-order chi connectivity index (χ0) is 14.3. The number of aromatic nitrogens is 3. The molecule has 2 aromatic heterocycles. The Labute approximate surface area is 120 Å². The molecule has 0 atom stereocenters. The average molecular weight is 269 g/mol.